The third-order valence-corrected chi connectivity index (χ3v) is 5.60. The number of halogens is 6. The molecule has 37 heavy (non-hydrogen) atoms. The van der Waals surface area contributed by atoms with E-state index in [4.69, 9.17) is 0 Å². The number of benzene rings is 2. The van der Waals surface area contributed by atoms with Gasteiger partial charge in [0, 0.05) is 25.7 Å². The second-order valence-corrected chi connectivity index (χ2v) is 10.1. The Labute approximate surface area is 211 Å². The number of carbonyl (C=O) groups excluding carboxylic acids is 1. The molecule has 2 aromatic carbocycles. The third kappa shape index (κ3) is 6.87. The minimum atomic E-state index is -4.92. The van der Waals surface area contributed by atoms with Gasteiger partial charge in [0.25, 0.3) is 5.91 Å². The van der Waals surface area contributed by atoms with Crippen LogP contribution in [0.2, 0.25) is 0 Å². The molecule has 0 aliphatic carbocycles. The Kier molecular flexibility index (Phi) is 7.72. The second kappa shape index (κ2) is 10.1. The Hall–Kier alpha value is -3.43. The van der Waals surface area contributed by atoms with Gasteiger partial charge in [-0.2, -0.15) is 13.2 Å². The average molecular weight is 527 g/mol. The van der Waals surface area contributed by atoms with E-state index in [0.29, 0.717) is 5.56 Å². The van der Waals surface area contributed by atoms with Gasteiger partial charge >= 0.3 is 12.5 Å². The molecular formula is C27H28F6N2O2. The highest BCUT2D eigenvalue weighted by atomic mass is 19.4. The summed E-state index contributed by atoms with van der Waals surface area (Å²) in [6, 6.07) is 12.9. The standard InChI is InChI=1S/C27H28F6N2O2/c1-17-21(19-11-13-20(14-12-19)37-27(31,32)33)22(24(36)34(5)16-25(2,3)4)35(23(17)26(28,29)30)15-18-9-7-6-8-10-18/h6-14H,15-16H2,1-5H3. The van der Waals surface area contributed by atoms with Gasteiger partial charge in [0.1, 0.15) is 17.1 Å². The van der Waals surface area contributed by atoms with E-state index >= 15 is 0 Å². The lowest BCUT2D eigenvalue weighted by atomic mass is 9.95. The van der Waals surface area contributed by atoms with Crippen LogP contribution in [0.5, 0.6) is 5.75 Å². The van der Waals surface area contributed by atoms with Crippen LogP contribution in [0.25, 0.3) is 11.1 Å². The van der Waals surface area contributed by atoms with Gasteiger partial charge in [-0.3, -0.25) is 4.79 Å². The highest BCUT2D eigenvalue weighted by Crippen LogP contribution is 2.42. The zero-order valence-corrected chi connectivity index (χ0v) is 21.1. The van der Waals surface area contributed by atoms with Crippen LogP contribution in [0.15, 0.2) is 54.6 Å². The Bertz CT molecular complexity index is 1240. The second-order valence-electron chi connectivity index (χ2n) is 10.1. The summed E-state index contributed by atoms with van der Waals surface area (Å²) in [5.41, 5.74) is -0.986. The Balaban J connectivity index is 2.27. The molecule has 0 bridgehead atoms. The molecule has 10 heteroatoms. The molecule has 0 N–H and O–H groups in total. The maximum absolute atomic E-state index is 14.4. The van der Waals surface area contributed by atoms with Crippen molar-refractivity contribution in [1.82, 2.24) is 9.47 Å². The lowest BCUT2D eigenvalue weighted by molar-refractivity contribution is -0.274. The van der Waals surface area contributed by atoms with Gasteiger partial charge in [-0.15, -0.1) is 13.2 Å². The van der Waals surface area contributed by atoms with Crippen molar-refractivity contribution >= 4 is 5.91 Å². The fourth-order valence-electron chi connectivity index (χ4n) is 4.40. The highest BCUT2D eigenvalue weighted by molar-refractivity contribution is 6.01. The number of rotatable bonds is 6. The van der Waals surface area contributed by atoms with Gasteiger partial charge < -0.3 is 14.2 Å². The molecule has 3 rings (SSSR count). The van der Waals surface area contributed by atoms with E-state index in [1.807, 2.05) is 20.8 Å². The Morgan fingerprint density at radius 2 is 1.49 bits per heavy atom. The molecule has 0 saturated carbocycles. The summed E-state index contributed by atoms with van der Waals surface area (Å²) in [5.74, 6) is -1.15. The number of alkyl halides is 6. The van der Waals surface area contributed by atoms with Crippen molar-refractivity contribution in [2.75, 3.05) is 13.6 Å². The molecule has 1 aromatic heterocycles. The fourth-order valence-corrected chi connectivity index (χ4v) is 4.40. The Morgan fingerprint density at radius 3 is 1.97 bits per heavy atom. The first-order valence-corrected chi connectivity index (χ1v) is 11.4. The number of aromatic nitrogens is 1. The van der Waals surface area contributed by atoms with E-state index in [-0.39, 0.29) is 40.9 Å². The number of carbonyl (C=O) groups is 1. The van der Waals surface area contributed by atoms with Crippen molar-refractivity contribution in [2.24, 2.45) is 5.41 Å². The first kappa shape index (κ1) is 28.1. The maximum atomic E-state index is 14.4. The molecule has 1 amide bonds. The first-order chi connectivity index (χ1) is 17.0. The van der Waals surface area contributed by atoms with Gasteiger partial charge in [0.15, 0.2) is 0 Å². The van der Waals surface area contributed by atoms with E-state index in [2.05, 4.69) is 4.74 Å². The number of ether oxygens (including phenoxy) is 1. The van der Waals surface area contributed by atoms with Crippen LogP contribution < -0.4 is 4.74 Å². The predicted octanol–water partition coefficient (Wildman–Crippen LogP) is 7.55. The number of amides is 1. The summed E-state index contributed by atoms with van der Waals surface area (Å²) in [6.45, 7) is 6.99. The van der Waals surface area contributed by atoms with E-state index in [1.54, 1.807) is 30.3 Å². The molecule has 0 radical (unpaired) electrons. The van der Waals surface area contributed by atoms with E-state index in [9.17, 15) is 31.1 Å². The Morgan fingerprint density at radius 1 is 0.919 bits per heavy atom. The molecule has 0 saturated heterocycles. The van der Waals surface area contributed by atoms with Crippen LogP contribution in [0.1, 0.15) is 48.1 Å². The molecule has 0 aliphatic rings. The molecule has 1 heterocycles. The lowest BCUT2D eigenvalue weighted by Crippen LogP contribution is -2.36. The topological polar surface area (TPSA) is 34.5 Å². The van der Waals surface area contributed by atoms with Crippen LogP contribution >= 0.6 is 0 Å². The van der Waals surface area contributed by atoms with E-state index in [0.717, 1.165) is 16.7 Å². The van der Waals surface area contributed by atoms with Crippen molar-refractivity contribution in [1.29, 1.82) is 0 Å². The summed E-state index contributed by atoms with van der Waals surface area (Å²) < 4.78 is 86.0. The highest BCUT2D eigenvalue weighted by Gasteiger charge is 2.42. The smallest absolute Gasteiger partial charge is 0.406 e. The van der Waals surface area contributed by atoms with Crippen molar-refractivity contribution in [3.8, 4) is 16.9 Å². The van der Waals surface area contributed by atoms with Crippen LogP contribution in [-0.2, 0) is 12.7 Å². The van der Waals surface area contributed by atoms with Crippen LogP contribution in [0.3, 0.4) is 0 Å². The van der Waals surface area contributed by atoms with E-state index < -0.39 is 29.9 Å². The lowest BCUT2D eigenvalue weighted by Gasteiger charge is -2.28. The molecule has 200 valence electrons. The summed E-state index contributed by atoms with van der Waals surface area (Å²) >= 11 is 0. The normalized spacial score (nSPS) is 12.5. The van der Waals surface area contributed by atoms with Gasteiger partial charge in [0.05, 0.1) is 0 Å². The zero-order valence-electron chi connectivity index (χ0n) is 21.1. The van der Waals surface area contributed by atoms with Gasteiger partial charge in [0.2, 0.25) is 0 Å². The van der Waals surface area contributed by atoms with Crippen molar-refractivity contribution < 1.29 is 35.9 Å². The molecule has 3 aromatic rings. The van der Waals surface area contributed by atoms with Crippen molar-refractivity contribution in [3.63, 3.8) is 0 Å². The largest absolute Gasteiger partial charge is 0.573 e. The van der Waals surface area contributed by atoms with E-state index in [1.165, 1.54) is 31.0 Å². The fraction of sp³-hybridized carbons (Fsp3) is 0.370. The monoisotopic (exact) mass is 526 g/mol. The minimum Gasteiger partial charge on any atom is -0.406 e. The van der Waals surface area contributed by atoms with Crippen LogP contribution in [-0.4, -0.2) is 35.3 Å². The zero-order chi connectivity index (χ0) is 27.8. The van der Waals surface area contributed by atoms with Crippen molar-refractivity contribution in [2.45, 2.75) is 46.8 Å². The maximum Gasteiger partial charge on any atom is 0.573 e. The van der Waals surface area contributed by atoms with Crippen molar-refractivity contribution in [3.05, 3.63) is 77.1 Å². The minimum absolute atomic E-state index is 0.00701. The number of hydrogen-bond acceptors (Lipinski definition) is 2. The molecule has 0 aliphatic heterocycles. The number of hydrogen-bond donors (Lipinski definition) is 0. The summed E-state index contributed by atoms with van der Waals surface area (Å²) in [5, 5.41) is 0. The van der Waals surface area contributed by atoms with Crippen LogP contribution in [0, 0.1) is 12.3 Å². The average Bonchev–Trinajstić information content (AvgIpc) is 3.04. The summed E-state index contributed by atoms with van der Waals surface area (Å²) in [7, 11) is 1.51. The third-order valence-electron chi connectivity index (χ3n) is 5.60. The predicted molar refractivity (Wildman–Crippen MR) is 128 cm³/mol. The van der Waals surface area contributed by atoms with Gasteiger partial charge in [-0.25, -0.2) is 0 Å². The molecular weight excluding hydrogens is 498 g/mol. The summed E-state index contributed by atoms with van der Waals surface area (Å²) in [4.78, 5) is 15.1. The molecule has 0 fully saturated rings. The SMILES string of the molecule is Cc1c(-c2ccc(OC(F)(F)F)cc2)c(C(=O)N(C)CC(C)(C)C)n(Cc2ccccc2)c1C(F)(F)F. The molecule has 0 atom stereocenters. The van der Waals surface area contributed by atoms with Gasteiger partial charge in [-0.05, 0) is 41.2 Å². The van der Waals surface area contributed by atoms with Gasteiger partial charge in [-0.1, -0.05) is 63.2 Å². The summed E-state index contributed by atoms with van der Waals surface area (Å²) in [6.07, 6.45) is -9.72. The first-order valence-electron chi connectivity index (χ1n) is 11.4. The quantitative estimate of drug-likeness (QED) is 0.311. The molecule has 4 nitrogen and oxygen atoms in total. The molecule has 0 spiro atoms. The van der Waals surface area contributed by atoms with Crippen LogP contribution in [0.4, 0.5) is 26.3 Å². The number of nitrogens with zero attached hydrogens (tertiary/aromatic N) is 2. The molecule has 0 unspecified atom stereocenters.